The number of aromatic amines is 1. The van der Waals surface area contributed by atoms with Crippen molar-refractivity contribution in [2.75, 3.05) is 13.1 Å². The number of carboxylic acids is 1. The van der Waals surface area contributed by atoms with Gasteiger partial charge >= 0.3 is 5.97 Å². The number of carbonyl (C=O) groups excluding carboxylic acids is 3. The van der Waals surface area contributed by atoms with Gasteiger partial charge in [0, 0.05) is 24.9 Å². The molecule has 3 unspecified atom stereocenters. The van der Waals surface area contributed by atoms with E-state index in [9.17, 15) is 24.3 Å². The van der Waals surface area contributed by atoms with Crippen LogP contribution in [0.2, 0.25) is 0 Å². The second kappa shape index (κ2) is 14.5. The van der Waals surface area contributed by atoms with Crippen LogP contribution in [-0.4, -0.2) is 75.9 Å². The third-order valence-electron chi connectivity index (χ3n) is 4.72. The lowest BCUT2D eigenvalue weighted by Gasteiger charge is -2.25. The van der Waals surface area contributed by atoms with E-state index in [1.54, 1.807) is 0 Å². The van der Waals surface area contributed by atoms with Gasteiger partial charge in [-0.15, -0.1) is 0 Å². The van der Waals surface area contributed by atoms with Crippen molar-refractivity contribution in [2.45, 2.75) is 57.7 Å². The van der Waals surface area contributed by atoms with E-state index in [1.165, 1.54) is 12.5 Å². The number of aliphatic carboxylic acids is 1. The molecule has 0 aromatic carbocycles. The first kappa shape index (κ1) is 28.4. The zero-order chi connectivity index (χ0) is 25.7. The maximum absolute atomic E-state index is 13.0. The molecule has 34 heavy (non-hydrogen) atoms. The fourth-order valence-corrected chi connectivity index (χ4v) is 3.09. The number of aliphatic imine (C=N–C) groups is 1. The first-order valence-corrected chi connectivity index (χ1v) is 10.9. The van der Waals surface area contributed by atoms with Crippen LogP contribution in [0.4, 0.5) is 0 Å². The quantitative estimate of drug-likeness (QED) is 0.0751. The molecule has 0 bridgehead atoms. The number of rotatable bonds is 15. The van der Waals surface area contributed by atoms with Crippen molar-refractivity contribution in [1.29, 1.82) is 0 Å². The van der Waals surface area contributed by atoms with Gasteiger partial charge in [-0.05, 0) is 25.2 Å². The highest BCUT2D eigenvalue weighted by Gasteiger charge is 2.30. The third-order valence-corrected chi connectivity index (χ3v) is 4.72. The number of imidazole rings is 1. The summed E-state index contributed by atoms with van der Waals surface area (Å²) >= 11 is 0. The van der Waals surface area contributed by atoms with Gasteiger partial charge in [-0.1, -0.05) is 13.8 Å². The molecule has 3 amide bonds. The number of carboxylic acid groups (broad SMARTS) is 1. The van der Waals surface area contributed by atoms with E-state index >= 15 is 0 Å². The Morgan fingerprint density at radius 3 is 2.26 bits per heavy atom. The number of H-pyrrole nitrogens is 1. The van der Waals surface area contributed by atoms with Crippen molar-refractivity contribution in [1.82, 2.24) is 25.9 Å². The molecule has 0 aliphatic rings. The Bertz CT molecular complexity index is 837. The van der Waals surface area contributed by atoms with Crippen molar-refractivity contribution in [3.63, 3.8) is 0 Å². The molecular weight excluding hydrogens is 446 g/mol. The van der Waals surface area contributed by atoms with Crippen molar-refractivity contribution in [3.05, 3.63) is 18.2 Å². The monoisotopic (exact) mass is 481 g/mol. The normalized spacial score (nSPS) is 13.4. The first-order valence-electron chi connectivity index (χ1n) is 10.9. The van der Waals surface area contributed by atoms with E-state index < -0.39 is 41.8 Å². The molecule has 0 fully saturated rings. The smallest absolute Gasteiger partial charge is 0.326 e. The Morgan fingerprint density at radius 1 is 1.09 bits per heavy atom. The summed E-state index contributed by atoms with van der Waals surface area (Å²) in [6.07, 6.45) is 3.70. The number of aromatic nitrogens is 2. The minimum atomic E-state index is -1.22. The summed E-state index contributed by atoms with van der Waals surface area (Å²) in [7, 11) is 0. The zero-order valence-corrected chi connectivity index (χ0v) is 19.4. The minimum absolute atomic E-state index is 0.00545. The molecule has 1 aromatic heterocycles. The summed E-state index contributed by atoms with van der Waals surface area (Å²) in [5.41, 5.74) is 16.4. The van der Waals surface area contributed by atoms with Gasteiger partial charge in [0.25, 0.3) is 0 Å². The van der Waals surface area contributed by atoms with Gasteiger partial charge in [0.05, 0.1) is 12.9 Å². The van der Waals surface area contributed by atoms with Gasteiger partial charge in [0.15, 0.2) is 5.96 Å². The SMILES string of the molecule is CC(C)CC(NC(=O)C(Cc1cnc[nH]1)NC(=O)CN)C(=O)NC(CCCN=C(N)N)C(=O)O. The maximum Gasteiger partial charge on any atom is 0.326 e. The number of hydrogen-bond acceptors (Lipinski definition) is 7. The lowest BCUT2D eigenvalue weighted by molar-refractivity contribution is -0.142. The van der Waals surface area contributed by atoms with Crippen LogP contribution in [0.1, 0.15) is 38.8 Å². The van der Waals surface area contributed by atoms with Crippen LogP contribution in [0.15, 0.2) is 17.5 Å². The molecule has 190 valence electrons. The summed E-state index contributed by atoms with van der Waals surface area (Å²) in [6, 6.07) is -3.23. The maximum atomic E-state index is 13.0. The summed E-state index contributed by atoms with van der Waals surface area (Å²) in [6.45, 7) is 3.61. The van der Waals surface area contributed by atoms with Gasteiger partial charge in [-0.2, -0.15) is 0 Å². The van der Waals surface area contributed by atoms with E-state index in [0.29, 0.717) is 12.1 Å². The Labute approximate surface area is 197 Å². The summed E-state index contributed by atoms with van der Waals surface area (Å²) in [5.74, 6) is -3.14. The van der Waals surface area contributed by atoms with E-state index in [1.807, 2.05) is 13.8 Å². The summed E-state index contributed by atoms with van der Waals surface area (Å²) < 4.78 is 0. The molecule has 0 aliphatic heterocycles. The highest BCUT2D eigenvalue weighted by Crippen LogP contribution is 2.08. The highest BCUT2D eigenvalue weighted by molar-refractivity contribution is 5.93. The van der Waals surface area contributed by atoms with Crippen molar-refractivity contribution in [2.24, 2.45) is 28.1 Å². The molecule has 14 nitrogen and oxygen atoms in total. The van der Waals surface area contributed by atoms with Crippen LogP contribution in [0.25, 0.3) is 0 Å². The third kappa shape index (κ3) is 10.8. The van der Waals surface area contributed by atoms with E-state index in [4.69, 9.17) is 17.2 Å². The lowest BCUT2D eigenvalue weighted by atomic mass is 10.0. The fourth-order valence-electron chi connectivity index (χ4n) is 3.09. The molecular formula is C20H35N9O5. The van der Waals surface area contributed by atoms with E-state index in [-0.39, 0.29) is 44.2 Å². The molecule has 0 spiro atoms. The van der Waals surface area contributed by atoms with Crippen LogP contribution < -0.4 is 33.2 Å². The molecule has 0 saturated carbocycles. The second-order valence-corrected chi connectivity index (χ2v) is 8.14. The Balaban J connectivity index is 2.91. The van der Waals surface area contributed by atoms with Gasteiger partial charge in [0.2, 0.25) is 17.7 Å². The Morgan fingerprint density at radius 2 is 1.74 bits per heavy atom. The van der Waals surface area contributed by atoms with Gasteiger partial charge < -0.3 is 43.2 Å². The Kier molecular flexibility index (Phi) is 12.1. The number of nitrogens with one attached hydrogen (secondary N) is 4. The van der Waals surface area contributed by atoms with E-state index in [2.05, 4.69) is 30.9 Å². The van der Waals surface area contributed by atoms with Crippen LogP contribution in [0, 0.1) is 5.92 Å². The Hall–Kier alpha value is -3.68. The van der Waals surface area contributed by atoms with Crippen LogP contribution in [0.5, 0.6) is 0 Å². The molecule has 1 rings (SSSR count). The van der Waals surface area contributed by atoms with Crippen molar-refractivity contribution >= 4 is 29.7 Å². The average molecular weight is 482 g/mol. The van der Waals surface area contributed by atoms with Crippen molar-refractivity contribution < 1.29 is 24.3 Å². The second-order valence-electron chi connectivity index (χ2n) is 8.14. The average Bonchev–Trinajstić information content (AvgIpc) is 3.27. The van der Waals surface area contributed by atoms with Crippen LogP contribution >= 0.6 is 0 Å². The van der Waals surface area contributed by atoms with Gasteiger partial charge in [-0.3, -0.25) is 19.4 Å². The number of nitrogens with two attached hydrogens (primary N) is 3. The van der Waals surface area contributed by atoms with Crippen molar-refractivity contribution in [3.8, 4) is 0 Å². The number of amides is 3. The first-order chi connectivity index (χ1) is 16.0. The standard InChI is InChI=1S/C20H35N9O5/c1-11(2)6-14(17(31)28-13(19(33)34)4-3-5-25-20(22)23)29-18(32)15(27-16(30)8-21)7-12-9-24-10-26-12/h9-11,13-15H,3-8,21H2,1-2H3,(H,24,26)(H,27,30)(H,28,31)(H,29,32)(H,33,34)(H4,22,23,25). The summed E-state index contributed by atoms with van der Waals surface area (Å²) in [5, 5.41) is 17.1. The molecule has 0 radical (unpaired) electrons. The molecule has 14 heteroatoms. The minimum Gasteiger partial charge on any atom is -0.480 e. The number of guanidine groups is 1. The lowest BCUT2D eigenvalue weighted by Crippen LogP contribution is -2.57. The molecule has 1 aromatic rings. The highest BCUT2D eigenvalue weighted by atomic mass is 16.4. The van der Waals surface area contributed by atoms with Gasteiger partial charge in [-0.25, -0.2) is 9.78 Å². The number of hydrogen-bond donors (Lipinski definition) is 8. The predicted molar refractivity (Wildman–Crippen MR) is 124 cm³/mol. The number of nitrogens with zero attached hydrogens (tertiary/aromatic N) is 2. The zero-order valence-electron chi connectivity index (χ0n) is 19.4. The van der Waals surface area contributed by atoms with Crippen LogP contribution in [0.3, 0.4) is 0 Å². The molecule has 0 aliphatic carbocycles. The fraction of sp³-hybridized carbons (Fsp3) is 0.600. The summed E-state index contributed by atoms with van der Waals surface area (Å²) in [4.78, 5) is 59.8. The predicted octanol–water partition coefficient (Wildman–Crippen LogP) is -2.45. The number of carbonyl (C=O) groups is 4. The van der Waals surface area contributed by atoms with Gasteiger partial charge in [0.1, 0.15) is 18.1 Å². The largest absolute Gasteiger partial charge is 0.480 e. The topological polar surface area (TPSA) is 244 Å². The molecule has 1 heterocycles. The molecule has 3 atom stereocenters. The molecule has 0 saturated heterocycles. The molecule has 11 N–H and O–H groups in total. The van der Waals surface area contributed by atoms with E-state index in [0.717, 1.165) is 0 Å². The van der Waals surface area contributed by atoms with Crippen LogP contribution in [-0.2, 0) is 25.6 Å².